The van der Waals surface area contributed by atoms with Gasteiger partial charge in [0.15, 0.2) is 30.2 Å². The predicted molar refractivity (Wildman–Crippen MR) is 310 cm³/mol. The Hall–Kier alpha value is -8.11. The van der Waals surface area contributed by atoms with E-state index in [4.69, 9.17) is 100 Å². The minimum atomic E-state index is -1.33. The highest BCUT2D eigenvalue weighted by atomic mass is 16.8. The maximum atomic E-state index is 13.5. The van der Waals surface area contributed by atoms with E-state index in [2.05, 4.69) is 37.2 Å². The molecule has 12 N–H and O–H groups in total. The molecule has 4 aliphatic rings. The summed E-state index contributed by atoms with van der Waals surface area (Å²) in [7, 11) is 2.30. The Morgan fingerprint density at radius 1 is 0.633 bits per heavy atom. The normalized spacial score (nSPS) is 21.5. The molecule has 1 aliphatic carbocycles. The van der Waals surface area contributed by atoms with Gasteiger partial charge >= 0.3 is 24.2 Å². The number of nitrogens with one attached hydrogen (secondary N) is 4. The van der Waals surface area contributed by atoms with Crippen LogP contribution in [0.2, 0.25) is 0 Å². The number of ether oxygens (including phenoxy) is 15. The molecule has 35 nitrogen and oxygen atoms in total. The van der Waals surface area contributed by atoms with E-state index in [9.17, 15) is 43.2 Å². The van der Waals surface area contributed by atoms with Gasteiger partial charge in [-0.3, -0.25) is 24.0 Å². The van der Waals surface area contributed by atoms with Gasteiger partial charge in [0.05, 0.1) is 104 Å². The maximum Gasteiger partial charge on any atom is 0.508 e. The fourth-order valence-electron chi connectivity index (χ4n) is 9.43. The van der Waals surface area contributed by atoms with Crippen LogP contribution in [0.25, 0.3) is 0 Å². The number of esters is 2. The molecule has 0 radical (unpaired) electrons. The van der Waals surface area contributed by atoms with Crippen molar-refractivity contribution >= 4 is 65.7 Å². The van der Waals surface area contributed by atoms with E-state index >= 15 is 0 Å². The molecule has 5 amide bonds. The summed E-state index contributed by atoms with van der Waals surface area (Å²) < 4.78 is 81.8. The van der Waals surface area contributed by atoms with Gasteiger partial charge in [0, 0.05) is 64.7 Å². The second kappa shape index (κ2) is 41.2. The number of aliphatic imine (C=N–C) groups is 2. The third-order valence-corrected chi connectivity index (χ3v) is 13.4. The Labute approximate surface area is 519 Å². The second-order valence-corrected chi connectivity index (χ2v) is 20.0. The van der Waals surface area contributed by atoms with E-state index in [0.717, 1.165) is 7.11 Å². The fourth-order valence-corrected chi connectivity index (χ4v) is 9.43. The molecule has 0 aromatic rings. The van der Waals surface area contributed by atoms with Crippen LogP contribution in [0.5, 0.6) is 0 Å². The number of amides is 5. The van der Waals surface area contributed by atoms with Crippen LogP contribution in [0.1, 0.15) is 39.5 Å². The topological polar surface area (TPSA) is 472 Å². The Morgan fingerprint density at radius 2 is 1.11 bits per heavy atom. The highest BCUT2D eigenvalue weighted by Crippen LogP contribution is 2.35. The van der Waals surface area contributed by atoms with Crippen LogP contribution < -0.4 is 44.2 Å². The number of nitrogens with two attached hydrogens (primary N) is 4. The molecule has 0 spiro atoms. The molecular formula is C55H85N11O24. The lowest BCUT2D eigenvalue weighted by Gasteiger charge is -2.40. The lowest BCUT2D eigenvalue weighted by Crippen LogP contribution is -2.60. The number of guanidine groups is 2. The summed E-state index contributed by atoms with van der Waals surface area (Å²) >= 11 is 0. The lowest BCUT2D eigenvalue weighted by molar-refractivity contribution is -0.155. The molecule has 3 aliphatic heterocycles. The summed E-state index contributed by atoms with van der Waals surface area (Å²) in [6.07, 6.45) is 0.502. The fraction of sp³-hybridized carbons (Fsp3) is 0.691. The van der Waals surface area contributed by atoms with Gasteiger partial charge in [0.1, 0.15) is 45.2 Å². The van der Waals surface area contributed by atoms with Gasteiger partial charge in [0.2, 0.25) is 35.3 Å². The Morgan fingerprint density at radius 3 is 1.60 bits per heavy atom. The molecule has 3 heterocycles. The molecule has 4 rings (SSSR count). The van der Waals surface area contributed by atoms with Crippen molar-refractivity contribution in [2.45, 2.75) is 94.2 Å². The molecule has 0 unspecified atom stereocenters. The number of carbonyl (C=O) groups excluding carboxylic acids is 9. The minimum Gasteiger partial charge on any atom is -0.478 e. The standard InChI is InChI=1S/C55H85N11O24/c1-6-14-78-20-22-82-24-25-83-23-21-81-17-9-44(71)66(12-18-79-15-7-10-60-42(69)31-84-47(40-29-86-54(74)89-40)36-26-35(50(72)76-4)27-37(64-52(56)57)45(36)62-33(2)67)13-19-80-16-8-11-61-43(70)32-85-48(41-30-87-55(75)90-41)49-46(63-34(3)68)38(65-53(58)59)28-39(88-49)51(73)77-5/h1,27-28,36-38,40-41,45-49H,7-26,29-32H2,2-5H3,(H,60,69)(H,61,70)(H,62,67)(H,63,68)(H4,56,57,64)(H4,58,59,65)/t36-,37+,38+,40-,41-,45+,46-,47+,48-,49-/m1/s1. The third-order valence-electron chi connectivity index (χ3n) is 13.4. The van der Waals surface area contributed by atoms with Crippen molar-refractivity contribution in [3.05, 3.63) is 23.5 Å². The summed E-state index contributed by atoms with van der Waals surface area (Å²) in [5, 5.41) is 10.9. The van der Waals surface area contributed by atoms with E-state index < -0.39 is 122 Å². The first-order valence-electron chi connectivity index (χ1n) is 28.8. The molecule has 0 bridgehead atoms. The summed E-state index contributed by atoms with van der Waals surface area (Å²) in [5.41, 5.74) is 22.9. The molecule has 35 heteroatoms. The minimum absolute atomic E-state index is 0.0342. The second-order valence-electron chi connectivity index (χ2n) is 20.0. The van der Waals surface area contributed by atoms with Crippen molar-refractivity contribution in [2.75, 3.05) is 146 Å². The van der Waals surface area contributed by atoms with Crippen molar-refractivity contribution in [1.82, 2.24) is 26.2 Å². The number of hydrogen-bond donors (Lipinski definition) is 8. The number of hydrogen-bond acceptors (Lipinski definition) is 26. The molecule has 2 fully saturated rings. The zero-order chi connectivity index (χ0) is 65.8. The number of nitrogens with zero attached hydrogens (tertiary/aromatic N) is 3. The van der Waals surface area contributed by atoms with Gasteiger partial charge < -0.3 is 120 Å². The van der Waals surface area contributed by atoms with Gasteiger partial charge in [-0.05, 0) is 31.4 Å². The molecule has 90 heavy (non-hydrogen) atoms. The summed E-state index contributed by atoms with van der Waals surface area (Å²) in [5.74, 6) is -3.54. The third kappa shape index (κ3) is 27.3. The Bertz CT molecular complexity index is 2380. The average molecular weight is 1280 g/mol. The first-order valence-corrected chi connectivity index (χ1v) is 28.8. The van der Waals surface area contributed by atoms with Gasteiger partial charge in [-0.25, -0.2) is 29.2 Å². The molecule has 0 aromatic heterocycles. The van der Waals surface area contributed by atoms with Crippen molar-refractivity contribution in [2.24, 2.45) is 38.8 Å². The van der Waals surface area contributed by atoms with Crippen molar-refractivity contribution in [3.8, 4) is 12.3 Å². The zero-order valence-electron chi connectivity index (χ0n) is 50.9. The summed E-state index contributed by atoms with van der Waals surface area (Å²) in [4.78, 5) is 124. The Kier molecular flexibility index (Phi) is 34.1. The van der Waals surface area contributed by atoms with Crippen LogP contribution in [0.15, 0.2) is 33.5 Å². The van der Waals surface area contributed by atoms with E-state index in [1.165, 1.54) is 33.1 Å². The highest BCUT2D eigenvalue weighted by Gasteiger charge is 2.50. The summed E-state index contributed by atoms with van der Waals surface area (Å²) in [6, 6.07) is -4.06. The molecule has 0 aromatic carbocycles. The number of methoxy groups -OCH3 is 2. The van der Waals surface area contributed by atoms with E-state index in [-0.39, 0.29) is 134 Å². The SMILES string of the molecule is C#CCOCCOCCOCCOCCC(=O)N(CCOCCCNC(=O)CO[C@@H]([C@@H]1CC(C(=O)OC)=C[C@H](N=C(N)N)[C@H]1NC(C)=O)[C@H]1COC(=O)O1)CCOCCCNC(=O)CO[C@@H]([C@@H]1OC(C(=O)OC)=C[C@H](N=C(N)N)[C@H]1NC(C)=O)[C@H]1COC(=O)O1. The smallest absolute Gasteiger partial charge is 0.478 e. The Balaban J connectivity index is 1.26. The van der Waals surface area contributed by atoms with Crippen LogP contribution in [0.4, 0.5) is 9.59 Å². The molecule has 10 atom stereocenters. The van der Waals surface area contributed by atoms with Crippen molar-refractivity contribution in [1.29, 1.82) is 0 Å². The molecule has 2 saturated heterocycles. The number of cyclic esters (lactones) is 4. The number of carbonyl (C=O) groups is 9. The van der Waals surface area contributed by atoms with Crippen molar-refractivity contribution in [3.63, 3.8) is 0 Å². The van der Waals surface area contributed by atoms with Crippen LogP contribution in [-0.4, -0.2) is 271 Å². The van der Waals surface area contributed by atoms with Crippen molar-refractivity contribution < 1.29 is 114 Å². The monoisotopic (exact) mass is 1280 g/mol. The maximum absolute atomic E-state index is 13.5. The number of rotatable bonds is 43. The summed E-state index contributed by atoms with van der Waals surface area (Å²) in [6.45, 7) is 4.18. The average Bonchev–Trinajstić information content (AvgIpc) is 1.29. The zero-order valence-corrected chi connectivity index (χ0v) is 50.9. The largest absolute Gasteiger partial charge is 0.508 e. The first-order chi connectivity index (χ1) is 43.2. The number of terminal acetylenes is 1. The molecular weight excluding hydrogens is 1200 g/mol. The molecule has 504 valence electrons. The lowest BCUT2D eigenvalue weighted by atomic mass is 9.76. The van der Waals surface area contributed by atoms with Gasteiger partial charge in [-0.2, -0.15) is 0 Å². The van der Waals surface area contributed by atoms with Gasteiger partial charge in [-0.1, -0.05) is 5.92 Å². The predicted octanol–water partition coefficient (Wildman–Crippen LogP) is -4.34. The van der Waals surface area contributed by atoms with Gasteiger partial charge in [-0.15, -0.1) is 6.42 Å². The highest BCUT2D eigenvalue weighted by molar-refractivity contribution is 5.89. The first kappa shape index (κ1) is 74.4. The van der Waals surface area contributed by atoms with E-state index in [0.29, 0.717) is 39.3 Å². The van der Waals surface area contributed by atoms with Crippen LogP contribution in [0.3, 0.4) is 0 Å². The van der Waals surface area contributed by atoms with Crippen LogP contribution >= 0.6 is 0 Å². The van der Waals surface area contributed by atoms with Crippen LogP contribution in [0, 0.1) is 18.3 Å². The van der Waals surface area contributed by atoms with Crippen LogP contribution in [-0.2, 0) is 105 Å². The van der Waals surface area contributed by atoms with E-state index in [1.807, 2.05) is 0 Å². The van der Waals surface area contributed by atoms with Gasteiger partial charge in [0.25, 0.3) is 0 Å². The quantitative estimate of drug-likeness (QED) is 0.00714. The van der Waals surface area contributed by atoms with E-state index in [1.54, 1.807) is 4.90 Å². The molecule has 0 saturated carbocycles.